The van der Waals surface area contributed by atoms with Crippen LogP contribution < -0.4 is 10.6 Å². The van der Waals surface area contributed by atoms with Gasteiger partial charge >= 0.3 is 0 Å². The minimum atomic E-state index is 0. The van der Waals surface area contributed by atoms with Gasteiger partial charge in [0, 0.05) is 25.3 Å². The first-order valence-corrected chi connectivity index (χ1v) is 6.09. The van der Waals surface area contributed by atoms with Crippen molar-refractivity contribution in [2.45, 2.75) is 39.2 Å². The molecule has 0 unspecified atom stereocenters. The number of nitrogens with two attached hydrogens (primary N) is 1. The van der Waals surface area contributed by atoms with Crippen LogP contribution in [0.1, 0.15) is 37.1 Å². The number of rotatable bonds is 2. The summed E-state index contributed by atoms with van der Waals surface area (Å²) in [6.45, 7) is 4.65. The van der Waals surface area contributed by atoms with Gasteiger partial charge in [-0.1, -0.05) is 12.8 Å². The zero-order valence-electron chi connectivity index (χ0n) is 10.4. The first-order valence-electron chi connectivity index (χ1n) is 6.09. The van der Waals surface area contributed by atoms with Crippen LogP contribution in [0.25, 0.3) is 0 Å². The molecule has 1 fully saturated rings. The summed E-state index contributed by atoms with van der Waals surface area (Å²) in [5, 5.41) is 0. The molecule has 0 aliphatic carbocycles. The maximum atomic E-state index is 5.64. The Labute approximate surface area is 109 Å². The smallest absolute Gasteiger partial charge is 0.225 e. The fraction of sp³-hybridized carbons (Fsp3) is 0.667. The van der Waals surface area contributed by atoms with Crippen molar-refractivity contribution in [3.8, 4) is 0 Å². The number of anilines is 1. The van der Waals surface area contributed by atoms with Gasteiger partial charge in [0.15, 0.2) is 0 Å². The maximum Gasteiger partial charge on any atom is 0.225 e. The van der Waals surface area contributed by atoms with Crippen molar-refractivity contribution in [1.82, 2.24) is 9.97 Å². The highest BCUT2D eigenvalue weighted by atomic mass is 35.5. The number of hydrogen-bond donors (Lipinski definition) is 1. The molecule has 1 aromatic rings. The van der Waals surface area contributed by atoms with Crippen molar-refractivity contribution in [2.75, 3.05) is 18.0 Å². The predicted octanol–water partition coefficient (Wildman–Crippen LogP) is 2.05. The molecule has 0 spiro atoms. The summed E-state index contributed by atoms with van der Waals surface area (Å²) < 4.78 is 0. The van der Waals surface area contributed by atoms with Gasteiger partial charge in [-0.15, -0.1) is 12.4 Å². The molecule has 1 saturated heterocycles. The summed E-state index contributed by atoms with van der Waals surface area (Å²) in [5.74, 6) is 0.863. The van der Waals surface area contributed by atoms with Gasteiger partial charge in [0.25, 0.3) is 0 Å². The van der Waals surface area contributed by atoms with E-state index >= 15 is 0 Å². The van der Waals surface area contributed by atoms with E-state index in [1.54, 1.807) is 0 Å². The lowest BCUT2D eigenvalue weighted by Crippen LogP contribution is -2.26. The van der Waals surface area contributed by atoms with Crippen molar-refractivity contribution in [3.05, 3.63) is 17.5 Å². The number of nitrogens with zero attached hydrogens (tertiary/aromatic N) is 3. The van der Waals surface area contributed by atoms with E-state index in [0.29, 0.717) is 6.54 Å². The Hall–Kier alpha value is -0.870. The van der Waals surface area contributed by atoms with Gasteiger partial charge < -0.3 is 10.6 Å². The molecule has 2 rings (SSSR count). The monoisotopic (exact) mass is 256 g/mol. The maximum absolute atomic E-state index is 5.64. The molecule has 0 atom stereocenters. The van der Waals surface area contributed by atoms with Crippen LogP contribution in [0.3, 0.4) is 0 Å². The Morgan fingerprint density at radius 1 is 1.18 bits per heavy atom. The van der Waals surface area contributed by atoms with Gasteiger partial charge in [0.1, 0.15) is 0 Å². The summed E-state index contributed by atoms with van der Waals surface area (Å²) in [7, 11) is 0. The topological polar surface area (TPSA) is 55.0 Å². The second kappa shape index (κ2) is 6.77. The van der Waals surface area contributed by atoms with Crippen LogP contribution in [-0.2, 0) is 6.54 Å². The molecular weight excluding hydrogens is 236 g/mol. The Morgan fingerprint density at radius 2 is 1.82 bits per heavy atom. The number of halogens is 1. The van der Waals surface area contributed by atoms with Crippen LogP contribution >= 0.6 is 12.4 Å². The van der Waals surface area contributed by atoms with Gasteiger partial charge in [-0.25, -0.2) is 9.97 Å². The zero-order valence-corrected chi connectivity index (χ0v) is 11.2. The Morgan fingerprint density at radius 3 is 2.41 bits per heavy atom. The number of aryl methyl sites for hydroxylation is 1. The van der Waals surface area contributed by atoms with Crippen LogP contribution in [0.5, 0.6) is 0 Å². The fourth-order valence-electron chi connectivity index (χ4n) is 2.13. The third-order valence-corrected chi connectivity index (χ3v) is 2.99. The highest BCUT2D eigenvalue weighted by molar-refractivity contribution is 5.85. The molecule has 1 aliphatic heterocycles. The van der Waals surface area contributed by atoms with E-state index in [-0.39, 0.29) is 12.4 Å². The lowest BCUT2D eigenvalue weighted by Gasteiger charge is -2.20. The minimum absolute atomic E-state index is 0. The molecule has 1 aliphatic rings. The standard InChI is InChI=1S/C12H20N4.ClH/c1-10-8-11(9-13)15-12(14-10)16-6-4-2-3-5-7-16;/h8H,2-7,9,13H2,1H3;1H. The third-order valence-electron chi connectivity index (χ3n) is 2.99. The van der Waals surface area contributed by atoms with E-state index in [9.17, 15) is 0 Å². The van der Waals surface area contributed by atoms with Crippen molar-refractivity contribution in [3.63, 3.8) is 0 Å². The van der Waals surface area contributed by atoms with Crippen molar-refractivity contribution < 1.29 is 0 Å². The van der Waals surface area contributed by atoms with Gasteiger partial charge in [-0.2, -0.15) is 0 Å². The van der Waals surface area contributed by atoms with Crippen LogP contribution in [0.2, 0.25) is 0 Å². The van der Waals surface area contributed by atoms with Crippen molar-refractivity contribution in [2.24, 2.45) is 5.73 Å². The molecule has 2 N–H and O–H groups in total. The molecule has 2 heterocycles. The SMILES string of the molecule is Cc1cc(CN)nc(N2CCCCCC2)n1.Cl. The van der Waals surface area contributed by atoms with E-state index in [0.717, 1.165) is 30.4 Å². The van der Waals surface area contributed by atoms with Crippen LogP contribution in [-0.4, -0.2) is 23.1 Å². The van der Waals surface area contributed by atoms with Crippen molar-refractivity contribution >= 4 is 18.4 Å². The molecule has 96 valence electrons. The Kier molecular flexibility index (Phi) is 5.65. The third kappa shape index (κ3) is 3.82. The van der Waals surface area contributed by atoms with Gasteiger partial charge in [0.05, 0.1) is 5.69 Å². The summed E-state index contributed by atoms with van der Waals surface area (Å²) in [6, 6.07) is 1.96. The lowest BCUT2D eigenvalue weighted by molar-refractivity contribution is 0.726. The van der Waals surface area contributed by atoms with E-state index < -0.39 is 0 Å². The average molecular weight is 257 g/mol. The van der Waals surface area contributed by atoms with E-state index in [2.05, 4.69) is 14.9 Å². The van der Waals surface area contributed by atoms with Gasteiger partial charge in [-0.05, 0) is 25.8 Å². The molecule has 0 amide bonds. The Bertz CT molecular complexity index is 348. The van der Waals surface area contributed by atoms with Crippen LogP contribution in [0.4, 0.5) is 5.95 Å². The highest BCUT2D eigenvalue weighted by Crippen LogP contribution is 2.16. The zero-order chi connectivity index (χ0) is 11.4. The molecule has 17 heavy (non-hydrogen) atoms. The van der Waals surface area contributed by atoms with E-state index in [1.807, 2.05) is 13.0 Å². The second-order valence-corrected chi connectivity index (χ2v) is 4.41. The van der Waals surface area contributed by atoms with Crippen LogP contribution in [0, 0.1) is 6.92 Å². The first kappa shape index (κ1) is 14.2. The molecule has 1 aromatic heterocycles. The van der Waals surface area contributed by atoms with Gasteiger partial charge in [0.2, 0.25) is 5.95 Å². The molecule has 5 heteroatoms. The van der Waals surface area contributed by atoms with Crippen molar-refractivity contribution in [1.29, 1.82) is 0 Å². The average Bonchev–Trinajstić information content (AvgIpc) is 2.56. The van der Waals surface area contributed by atoms with E-state index in [4.69, 9.17) is 5.73 Å². The quantitative estimate of drug-likeness (QED) is 0.880. The molecular formula is C12H21ClN4. The second-order valence-electron chi connectivity index (χ2n) is 4.41. The van der Waals surface area contributed by atoms with Gasteiger partial charge in [-0.3, -0.25) is 0 Å². The van der Waals surface area contributed by atoms with Crippen LogP contribution in [0.15, 0.2) is 6.07 Å². The fourth-order valence-corrected chi connectivity index (χ4v) is 2.13. The molecule has 0 bridgehead atoms. The lowest BCUT2D eigenvalue weighted by atomic mass is 10.2. The highest BCUT2D eigenvalue weighted by Gasteiger charge is 2.13. The summed E-state index contributed by atoms with van der Waals surface area (Å²) in [5.41, 5.74) is 7.58. The molecule has 0 radical (unpaired) electrons. The predicted molar refractivity (Wildman–Crippen MR) is 72.6 cm³/mol. The summed E-state index contributed by atoms with van der Waals surface area (Å²) in [6.07, 6.45) is 5.14. The number of hydrogen-bond acceptors (Lipinski definition) is 4. The Balaban J connectivity index is 0.00000144. The largest absolute Gasteiger partial charge is 0.341 e. The first-order chi connectivity index (χ1) is 7.79. The molecule has 0 aromatic carbocycles. The number of aromatic nitrogens is 2. The minimum Gasteiger partial charge on any atom is -0.341 e. The normalized spacial score (nSPS) is 16.2. The molecule has 0 saturated carbocycles. The van der Waals surface area contributed by atoms with E-state index in [1.165, 1.54) is 25.7 Å². The summed E-state index contributed by atoms with van der Waals surface area (Å²) in [4.78, 5) is 11.3. The molecule has 4 nitrogen and oxygen atoms in total. The summed E-state index contributed by atoms with van der Waals surface area (Å²) >= 11 is 0.